The van der Waals surface area contributed by atoms with Crippen molar-refractivity contribution in [1.82, 2.24) is 0 Å². The summed E-state index contributed by atoms with van der Waals surface area (Å²) in [7, 11) is 0. The lowest BCUT2D eigenvalue weighted by molar-refractivity contribution is 0.467. The molecule has 0 N–H and O–H groups in total. The summed E-state index contributed by atoms with van der Waals surface area (Å²) >= 11 is 0. The van der Waals surface area contributed by atoms with Crippen LogP contribution >= 0.6 is 0 Å². The third-order valence-electron chi connectivity index (χ3n) is 5.27. The average Bonchev–Trinajstić information content (AvgIpc) is 2.73. The van der Waals surface area contributed by atoms with Gasteiger partial charge in [-0.05, 0) is 34.1 Å². The molecule has 0 spiro atoms. The van der Waals surface area contributed by atoms with Crippen molar-refractivity contribution in [3.63, 3.8) is 0 Å². The molecule has 0 aliphatic heterocycles. The van der Waals surface area contributed by atoms with E-state index in [1.165, 1.54) is 11.1 Å². The first-order valence-corrected chi connectivity index (χ1v) is 11.0. The zero-order valence-electron chi connectivity index (χ0n) is 19.6. The minimum atomic E-state index is -0.0954. The van der Waals surface area contributed by atoms with Crippen LogP contribution in [-0.2, 0) is 5.41 Å². The van der Waals surface area contributed by atoms with Gasteiger partial charge < -0.3 is 4.74 Å². The lowest BCUT2D eigenvalue weighted by Crippen LogP contribution is -2.13. The highest BCUT2D eigenvalue weighted by Gasteiger charge is 2.22. The molecule has 0 aliphatic rings. The summed E-state index contributed by atoms with van der Waals surface area (Å²) in [5.74, 6) is 1.73. The molecule has 0 heterocycles. The highest BCUT2D eigenvalue weighted by atomic mass is 16.5. The molecular weight excluding hydrogens is 376 g/mol. The maximum atomic E-state index is 6.47. The Kier molecular flexibility index (Phi) is 6.85. The zero-order chi connectivity index (χ0) is 22.5. The van der Waals surface area contributed by atoms with Crippen molar-refractivity contribution in [2.45, 2.75) is 47.0 Å². The Hall–Kier alpha value is -3.06. The summed E-state index contributed by atoms with van der Waals surface area (Å²) in [5, 5.41) is 0. The van der Waals surface area contributed by atoms with Crippen molar-refractivity contribution in [3.8, 4) is 5.75 Å². The molecule has 0 aromatic heterocycles. The van der Waals surface area contributed by atoms with Crippen LogP contribution in [0.5, 0.6) is 5.75 Å². The molecule has 1 nitrogen and oxygen atoms in total. The Labute approximate surface area is 188 Å². The summed E-state index contributed by atoms with van der Waals surface area (Å²) in [4.78, 5) is 0. The number of allylic oxidation sites excluding steroid dienone is 2. The molecular formula is C30H34O. The van der Waals surface area contributed by atoms with Crippen LogP contribution in [0.3, 0.4) is 0 Å². The molecule has 0 saturated carbocycles. The van der Waals surface area contributed by atoms with Gasteiger partial charge in [-0.1, -0.05) is 126 Å². The third-order valence-corrected chi connectivity index (χ3v) is 5.27. The lowest BCUT2D eigenvalue weighted by Gasteiger charge is -2.25. The molecule has 0 amide bonds. The fourth-order valence-electron chi connectivity index (χ4n) is 3.41. The van der Waals surface area contributed by atoms with Crippen molar-refractivity contribution in [2.75, 3.05) is 0 Å². The first-order chi connectivity index (χ1) is 14.6. The molecule has 0 saturated heterocycles. The van der Waals surface area contributed by atoms with E-state index in [1.807, 2.05) is 36.4 Å². The highest BCUT2D eigenvalue weighted by molar-refractivity contribution is 5.71. The van der Waals surface area contributed by atoms with Gasteiger partial charge in [0.25, 0.3) is 0 Å². The summed E-state index contributed by atoms with van der Waals surface area (Å²) < 4.78 is 6.47. The molecule has 1 heteroatoms. The van der Waals surface area contributed by atoms with Gasteiger partial charge in [-0.2, -0.15) is 0 Å². The summed E-state index contributed by atoms with van der Waals surface area (Å²) in [5.41, 5.74) is 4.81. The maximum Gasteiger partial charge on any atom is 0.138 e. The van der Waals surface area contributed by atoms with E-state index in [4.69, 9.17) is 4.74 Å². The fraction of sp³-hybridized carbons (Fsp3) is 0.267. The normalized spacial score (nSPS) is 13.2. The zero-order valence-corrected chi connectivity index (χ0v) is 19.6. The van der Waals surface area contributed by atoms with Gasteiger partial charge in [-0.25, -0.2) is 0 Å². The second kappa shape index (κ2) is 9.39. The molecule has 3 aromatic rings. The largest absolute Gasteiger partial charge is 0.456 e. The number of hydrogen-bond acceptors (Lipinski definition) is 1. The maximum absolute atomic E-state index is 6.47. The van der Waals surface area contributed by atoms with Gasteiger partial charge in [0.1, 0.15) is 11.5 Å². The molecule has 0 bridgehead atoms. The van der Waals surface area contributed by atoms with E-state index in [2.05, 4.69) is 102 Å². The molecule has 0 aliphatic carbocycles. The number of para-hydroxylation sites is 1. The highest BCUT2D eigenvalue weighted by Crippen LogP contribution is 2.35. The monoisotopic (exact) mass is 410 g/mol. The molecule has 3 rings (SSSR count). The first-order valence-electron chi connectivity index (χ1n) is 11.0. The molecule has 31 heavy (non-hydrogen) atoms. The second-order valence-electron chi connectivity index (χ2n) is 9.98. The van der Waals surface area contributed by atoms with Crippen molar-refractivity contribution in [3.05, 3.63) is 113 Å². The van der Waals surface area contributed by atoms with E-state index >= 15 is 0 Å². The predicted octanol–water partition coefficient (Wildman–Crippen LogP) is 8.53. The van der Waals surface area contributed by atoms with Gasteiger partial charge in [0.05, 0.1) is 0 Å². The molecule has 0 fully saturated rings. The Bertz CT molecular complexity index is 1030. The van der Waals surface area contributed by atoms with Crippen LogP contribution in [0.2, 0.25) is 0 Å². The predicted molar refractivity (Wildman–Crippen MR) is 134 cm³/mol. The standard InChI is InChI=1S/C30H34O/c1-29(2,3)25-20-17-23(18-21-25)19-22-27(30(4,5)6)28(24-13-9-7-10-14-24)31-26-15-11-8-12-16-26/h7-22H,1-6H3. The average molecular weight is 411 g/mol. The Morgan fingerprint density at radius 1 is 0.677 bits per heavy atom. The topological polar surface area (TPSA) is 9.23 Å². The summed E-state index contributed by atoms with van der Waals surface area (Å²) in [6, 6.07) is 29.2. The second-order valence-corrected chi connectivity index (χ2v) is 9.98. The van der Waals surface area contributed by atoms with E-state index < -0.39 is 0 Å². The minimum absolute atomic E-state index is 0.0954. The Morgan fingerprint density at radius 2 is 1.23 bits per heavy atom. The first kappa shape index (κ1) is 22.6. The van der Waals surface area contributed by atoms with Crippen LogP contribution in [-0.4, -0.2) is 0 Å². The van der Waals surface area contributed by atoms with Gasteiger partial charge in [-0.3, -0.25) is 0 Å². The summed E-state index contributed by atoms with van der Waals surface area (Å²) in [6.45, 7) is 13.4. The van der Waals surface area contributed by atoms with Gasteiger partial charge in [0.15, 0.2) is 0 Å². The van der Waals surface area contributed by atoms with Crippen LogP contribution in [0.4, 0.5) is 0 Å². The number of rotatable bonds is 5. The van der Waals surface area contributed by atoms with Gasteiger partial charge in [0, 0.05) is 11.1 Å². The molecule has 3 aromatic carbocycles. The van der Waals surface area contributed by atoms with Crippen molar-refractivity contribution >= 4 is 11.8 Å². The Morgan fingerprint density at radius 3 is 1.74 bits per heavy atom. The quantitative estimate of drug-likeness (QED) is 0.302. The fourth-order valence-corrected chi connectivity index (χ4v) is 3.41. The van der Waals surface area contributed by atoms with E-state index in [9.17, 15) is 0 Å². The van der Waals surface area contributed by atoms with E-state index in [0.717, 1.165) is 22.6 Å². The van der Waals surface area contributed by atoms with E-state index in [1.54, 1.807) is 0 Å². The van der Waals surface area contributed by atoms with Crippen LogP contribution < -0.4 is 4.74 Å². The molecule has 0 unspecified atom stereocenters. The minimum Gasteiger partial charge on any atom is -0.456 e. The molecule has 160 valence electrons. The van der Waals surface area contributed by atoms with Crippen LogP contribution in [0.25, 0.3) is 11.8 Å². The molecule has 0 radical (unpaired) electrons. The van der Waals surface area contributed by atoms with Crippen LogP contribution in [0.15, 0.2) is 96.6 Å². The van der Waals surface area contributed by atoms with Crippen LogP contribution in [0.1, 0.15) is 58.2 Å². The van der Waals surface area contributed by atoms with Crippen molar-refractivity contribution in [1.29, 1.82) is 0 Å². The smallest absolute Gasteiger partial charge is 0.138 e. The van der Waals surface area contributed by atoms with E-state index in [-0.39, 0.29) is 10.8 Å². The Balaban J connectivity index is 2.06. The third kappa shape index (κ3) is 6.21. The van der Waals surface area contributed by atoms with E-state index in [0.29, 0.717) is 0 Å². The van der Waals surface area contributed by atoms with Gasteiger partial charge >= 0.3 is 0 Å². The van der Waals surface area contributed by atoms with Gasteiger partial charge in [0.2, 0.25) is 0 Å². The van der Waals surface area contributed by atoms with Crippen LogP contribution in [0, 0.1) is 5.41 Å². The number of ether oxygens (including phenoxy) is 1. The number of benzene rings is 3. The number of hydrogen-bond donors (Lipinski definition) is 0. The lowest BCUT2D eigenvalue weighted by atomic mass is 9.83. The SMILES string of the molecule is CC(C)(C)C(C=Cc1ccc(C(C)(C)C)cc1)=C(Oc1ccccc1)c1ccccc1. The van der Waals surface area contributed by atoms with Crippen molar-refractivity contribution in [2.24, 2.45) is 5.41 Å². The summed E-state index contributed by atoms with van der Waals surface area (Å²) in [6.07, 6.45) is 4.39. The molecule has 0 atom stereocenters. The van der Waals surface area contributed by atoms with Crippen molar-refractivity contribution < 1.29 is 4.74 Å². The van der Waals surface area contributed by atoms with Gasteiger partial charge in [-0.15, -0.1) is 0 Å².